The molecule has 0 bridgehead atoms. The maximum Gasteiger partial charge on any atom is 0.416 e. The Kier molecular flexibility index (Phi) is 4.95. The van der Waals surface area contributed by atoms with Gasteiger partial charge in [-0.25, -0.2) is 0 Å². The summed E-state index contributed by atoms with van der Waals surface area (Å²) in [6.07, 6.45) is -4.34. The summed E-state index contributed by atoms with van der Waals surface area (Å²) in [5, 5.41) is 14.4. The van der Waals surface area contributed by atoms with Crippen molar-refractivity contribution >= 4 is 11.6 Å². The zero-order chi connectivity index (χ0) is 12.8. The van der Waals surface area contributed by atoms with Gasteiger partial charge in [0.1, 0.15) is 0 Å². The number of anilines is 1. The van der Waals surface area contributed by atoms with Crippen molar-refractivity contribution in [3.63, 3.8) is 0 Å². The van der Waals surface area contributed by atoms with Crippen molar-refractivity contribution in [2.24, 2.45) is 0 Å². The van der Waals surface area contributed by atoms with Gasteiger partial charge in [-0.05, 0) is 24.3 Å². The Labute approximate surface area is 89.5 Å². The molecular formula is C9H8F3N3O. The van der Waals surface area contributed by atoms with E-state index in [-0.39, 0.29) is 5.91 Å². The minimum atomic E-state index is -4.34. The molecule has 86 valence electrons. The van der Waals surface area contributed by atoms with Crippen molar-refractivity contribution < 1.29 is 18.0 Å². The lowest BCUT2D eigenvalue weighted by atomic mass is 10.2. The fourth-order valence-electron chi connectivity index (χ4n) is 0.946. The third kappa shape index (κ3) is 4.41. The van der Waals surface area contributed by atoms with Gasteiger partial charge in [0.2, 0.25) is 5.91 Å². The third-order valence-corrected chi connectivity index (χ3v) is 1.53. The normalized spacial score (nSPS) is 9.88. The molecule has 7 heteroatoms. The monoisotopic (exact) mass is 231 g/mol. The van der Waals surface area contributed by atoms with Gasteiger partial charge in [0.05, 0.1) is 5.56 Å². The van der Waals surface area contributed by atoms with E-state index < -0.39 is 11.7 Å². The SMILES string of the molecule is CC(=O)Nc1ccc(C(F)(F)F)cc1.N#N. The molecule has 0 fully saturated rings. The van der Waals surface area contributed by atoms with Crippen LogP contribution in [-0.4, -0.2) is 5.91 Å². The van der Waals surface area contributed by atoms with E-state index in [2.05, 4.69) is 5.32 Å². The van der Waals surface area contributed by atoms with Gasteiger partial charge in [-0.15, -0.1) is 0 Å². The van der Waals surface area contributed by atoms with Gasteiger partial charge in [-0.2, -0.15) is 13.2 Å². The maximum atomic E-state index is 12.1. The zero-order valence-electron chi connectivity index (χ0n) is 8.25. The van der Waals surface area contributed by atoms with E-state index in [0.29, 0.717) is 5.69 Å². The Morgan fingerprint density at radius 2 is 1.62 bits per heavy atom. The van der Waals surface area contributed by atoms with E-state index in [1.54, 1.807) is 0 Å². The lowest BCUT2D eigenvalue weighted by Crippen LogP contribution is -2.07. The fourth-order valence-corrected chi connectivity index (χ4v) is 0.946. The van der Waals surface area contributed by atoms with E-state index >= 15 is 0 Å². The van der Waals surface area contributed by atoms with Gasteiger partial charge in [0.15, 0.2) is 0 Å². The number of nitrogens with one attached hydrogen (secondary N) is 1. The Balaban J connectivity index is 0.00000106. The number of rotatable bonds is 1. The largest absolute Gasteiger partial charge is 0.416 e. The van der Waals surface area contributed by atoms with Crippen LogP contribution in [0.25, 0.3) is 0 Å². The van der Waals surface area contributed by atoms with E-state index in [0.717, 1.165) is 12.1 Å². The number of halogens is 3. The summed E-state index contributed by atoms with van der Waals surface area (Å²) in [6.45, 7) is 1.29. The van der Waals surface area contributed by atoms with Gasteiger partial charge >= 0.3 is 6.18 Å². The number of carbonyl (C=O) groups excluding carboxylic acids is 1. The molecular weight excluding hydrogens is 223 g/mol. The van der Waals surface area contributed by atoms with Crippen LogP contribution in [0.4, 0.5) is 18.9 Å². The highest BCUT2D eigenvalue weighted by molar-refractivity contribution is 5.88. The van der Waals surface area contributed by atoms with Crippen LogP contribution < -0.4 is 5.32 Å². The number of benzene rings is 1. The highest BCUT2D eigenvalue weighted by Crippen LogP contribution is 2.29. The second-order valence-corrected chi connectivity index (χ2v) is 2.76. The van der Waals surface area contributed by atoms with Crippen LogP contribution in [0.15, 0.2) is 24.3 Å². The fraction of sp³-hybridized carbons (Fsp3) is 0.222. The Morgan fingerprint density at radius 1 is 1.19 bits per heavy atom. The predicted molar refractivity (Wildman–Crippen MR) is 49.2 cm³/mol. The van der Waals surface area contributed by atoms with E-state index in [9.17, 15) is 18.0 Å². The molecule has 0 atom stereocenters. The first-order valence-corrected chi connectivity index (χ1v) is 4.04. The second kappa shape index (κ2) is 5.70. The van der Waals surface area contributed by atoms with Crippen molar-refractivity contribution in [2.75, 3.05) is 5.32 Å². The zero-order valence-corrected chi connectivity index (χ0v) is 8.25. The summed E-state index contributed by atoms with van der Waals surface area (Å²) in [6, 6.07) is 4.27. The van der Waals surface area contributed by atoms with Gasteiger partial charge in [-0.3, -0.25) is 4.79 Å². The third-order valence-electron chi connectivity index (χ3n) is 1.53. The summed E-state index contributed by atoms with van der Waals surface area (Å²) in [4.78, 5) is 10.6. The van der Waals surface area contributed by atoms with Crippen molar-refractivity contribution in [2.45, 2.75) is 13.1 Å². The highest BCUT2D eigenvalue weighted by Gasteiger charge is 2.29. The molecule has 0 aromatic heterocycles. The highest BCUT2D eigenvalue weighted by atomic mass is 19.4. The molecule has 1 amide bonds. The molecule has 0 aliphatic rings. The molecule has 1 aromatic carbocycles. The Hall–Kier alpha value is -2.10. The van der Waals surface area contributed by atoms with E-state index in [4.69, 9.17) is 10.8 Å². The van der Waals surface area contributed by atoms with Crippen molar-refractivity contribution in [1.29, 1.82) is 10.8 Å². The van der Waals surface area contributed by atoms with Crippen molar-refractivity contribution in [1.82, 2.24) is 0 Å². The predicted octanol–water partition coefficient (Wildman–Crippen LogP) is 2.69. The first-order valence-electron chi connectivity index (χ1n) is 4.04. The molecule has 0 radical (unpaired) electrons. The second-order valence-electron chi connectivity index (χ2n) is 2.76. The van der Waals surface area contributed by atoms with Gasteiger partial charge in [0, 0.05) is 23.4 Å². The van der Waals surface area contributed by atoms with Crippen LogP contribution >= 0.6 is 0 Å². The molecule has 1 rings (SSSR count). The van der Waals surface area contributed by atoms with Crippen LogP contribution in [0.2, 0.25) is 0 Å². The molecule has 0 spiro atoms. The molecule has 16 heavy (non-hydrogen) atoms. The minimum absolute atomic E-state index is 0.315. The molecule has 0 unspecified atom stereocenters. The van der Waals surface area contributed by atoms with Crippen molar-refractivity contribution in [3.05, 3.63) is 29.8 Å². The number of carbonyl (C=O) groups is 1. The molecule has 0 saturated heterocycles. The molecule has 1 N–H and O–H groups in total. The van der Waals surface area contributed by atoms with Crippen LogP contribution in [0.5, 0.6) is 0 Å². The number of amides is 1. The number of hydrogen-bond donors (Lipinski definition) is 1. The molecule has 0 saturated carbocycles. The summed E-state index contributed by atoms with van der Waals surface area (Å²) in [5.41, 5.74) is -0.378. The Morgan fingerprint density at radius 3 is 1.94 bits per heavy atom. The van der Waals surface area contributed by atoms with Crippen LogP contribution in [0.1, 0.15) is 12.5 Å². The van der Waals surface area contributed by atoms with E-state index in [1.165, 1.54) is 19.1 Å². The van der Waals surface area contributed by atoms with Crippen LogP contribution in [0, 0.1) is 10.8 Å². The van der Waals surface area contributed by atoms with Crippen LogP contribution in [-0.2, 0) is 11.0 Å². The van der Waals surface area contributed by atoms with Crippen LogP contribution in [0.3, 0.4) is 0 Å². The minimum Gasteiger partial charge on any atom is -0.326 e. The lowest BCUT2D eigenvalue weighted by Gasteiger charge is -2.07. The smallest absolute Gasteiger partial charge is 0.326 e. The van der Waals surface area contributed by atoms with Gasteiger partial charge in [0.25, 0.3) is 0 Å². The maximum absolute atomic E-state index is 12.1. The first kappa shape index (κ1) is 13.9. The van der Waals surface area contributed by atoms with Gasteiger partial charge < -0.3 is 5.32 Å². The number of hydrogen-bond acceptors (Lipinski definition) is 3. The molecule has 0 aliphatic heterocycles. The molecule has 0 aliphatic carbocycles. The molecule has 4 nitrogen and oxygen atoms in total. The standard InChI is InChI=1S/C9H8F3NO.N2/c1-6(14)13-8-4-2-7(3-5-8)9(10,11)12;1-2/h2-5H,1H3,(H,13,14);. The Bertz CT molecular complexity index is 370. The summed E-state index contributed by atoms with van der Waals surface area (Å²) >= 11 is 0. The number of nitrogens with zero attached hydrogens (tertiary/aromatic N) is 2. The average Bonchev–Trinajstić information content (AvgIpc) is 2.19. The van der Waals surface area contributed by atoms with E-state index in [1.807, 2.05) is 0 Å². The summed E-state index contributed by atoms with van der Waals surface area (Å²) < 4.78 is 36.3. The molecule has 0 heterocycles. The molecule has 1 aromatic rings. The van der Waals surface area contributed by atoms with Gasteiger partial charge in [-0.1, -0.05) is 0 Å². The first-order chi connectivity index (χ1) is 7.39. The van der Waals surface area contributed by atoms with Crippen molar-refractivity contribution in [3.8, 4) is 0 Å². The number of alkyl halides is 3. The lowest BCUT2D eigenvalue weighted by molar-refractivity contribution is -0.137. The summed E-state index contributed by atoms with van der Waals surface area (Å²) in [7, 11) is 0. The summed E-state index contributed by atoms with van der Waals surface area (Å²) in [5.74, 6) is -0.315. The quantitative estimate of drug-likeness (QED) is 0.755. The topological polar surface area (TPSA) is 76.7 Å². The average molecular weight is 231 g/mol.